The second-order valence-electron chi connectivity index (χ2n) is 5.13. The van der Waals surface area contributed by atoms with Gasteiger partial charge in [0.25, 0.3) is 5.91 Å². The fraction of sp³-hybridized carbons (Fsp3) is 0.250. The third kappa shape index (κ3) is 3.85. The maximum Gasteiger partial charge on any atom is 0.252 e. The van der Waals surface area contributed by atoms with E-state index in [2.05, 4.69) is 10.3 Å². The van der Waals surface area contributed by atoms with Gasteiger partial charge in [-0.05, 0) is 18.2 Å². The molecule has 2 heterocycles. The van der Waals surface area contributed by atoms with Crippen LogP contribution in [-0.2, 0) is 0 Å². The monoisotopic (exact) mass is 332 g/mol. The molecule has 126 valence electrons. The largest absolute Gasteiger partial charge is 0.491 e. The number of hydrogen-bond donors (Lipinski definition) is 3. The number of aliphatic hydroxyl groups excluding tert-OH is 1. The summed E-state index contributed by atoms with van der Waals surface area (Å²) in [6, 6.07) is 7.77. The van der Waals surface area contributed by atoms with Gasteiger partial charge >= 0.3 is 0 Å². The van der Waals surface area contributed by atoms with E-state index in [1.54, 1.807) is 18.2 Å². The van der Waals surface area contributed by atoms with Crippen LogP contribution in [-0.4, -0.2) is 42.0 Å². The first kappa shape index (κ1) is 15.9. The third-order valence-corrected chi connectivity index (χ3v) is 3.33. The van der Waals surface area contributed by atoms with Crippen molar-refractivity contribution in [1.82, 2.24) is 10.3 Å². The summed E-state index contributed by atoms with van der Waals surface area (Å²) >= 11 is 0. The summed E-state index contributed by atoms with van der Waals surface area (Å²) in [6.07, 6.45) is 0.426. The summed E-state index contributed by atoms with van der Waals surface area (Å²) in [7, 11) is 0. The zero-order valence-electron chi connectivity index (χ0n) is 12.7. The molecule has 0 bridgehead atoms. The molecule has 0 saturated carbocycles. The lowest BCUT2D eigenvalue weighted by molar-refractivity contribution is 0.0843. The van der Waals surface area contributed by atoms with Crippen molar-refractivity contribution >= 4 is 5.91 Å². The Balaban J connectivity index is 1.45. The first-order chi connectivity index (χ1) is 11.6. The van der Waals surface area contributed by atoms with Crippen LogP contribution < -0.4 is 25.1 Å². The molecule has 3 rings (SSSR count). The van der Waals surface area contributed by atoms with E-state index in [1.807, 2.05) is 0 Å². The van der Waals surface area contributed by atoms with Crippen LogP contribution >= 0.6 is 0 Å². The molecule has 1 aromatic heterocycles. The first-order valence-corrected chi connectivity index (χ1v) is 7.29. The van der Waals surface area contributed by atoms with Crippen molar-refractivity contribution in [2.75, 3.05) is 19.9 Å². The number of benzene rings is 1. The number of aliphatic hydroxyl groups is 1. The van der Waals surface area contributed by atoms with E-state index in [0.717, 1.165) is 0 Å². The lowest BCUT2D eigenvalue weighted by Gasteiger charge is -2.13. The summed E-state index contributed by atoms with van der Waals surface area (Å²) in [5.41, 5.74) is 0.0159. The Labute approximate surface area is 137 Å². The molecule has 1 aromatic carbocycles. The molecular weight excluding hydrogens is 316 g/mol. The number of amides is 1. The molecule has 0 aliphatic carbocycles. The van der Waals surface area contributed by atoms with E-state index in [9.17, 15) is 14.7 Å². The Morgan fingerprint density at radius 2 is 2.12 bits per heavy atom. The van der Waals surface area contributed by atoms with Crippen molar-refractivity contribution in [2.24, 2.45) is 0 Å². The number of H-pyrrole nitrogens is 1. The number of aromatic amines is 1. The number of rotatable bonds is 6. The number of nitrogens with one attached hydrogen (secondary N) is 2. The molecular formula is C16H16N2O6. The van der Waals surface area contributed by atoms with Crippen molar-refractivity contribution in [2.45, 2.75) is 6.10 Å². The van der Waals surface area contributed by atoms with E-state index >= 15 is 0 Å². The first-order valence-electron chi connectivity index (χ1n) is 7.29. The summed E-state index contributed by atoms with van der Waals surface area (Å²) in [4.78, 5) is 25.2. The summed E-state index contributed by atoms with van der Waals surface area (Å²) in [6.45, 7) is 0.201. The minimum Gasteiger partial charge on any atom is -0.491 e. The normalized spacial score (nSPS) is 13.4. The molecule has 8 nitrogen and oxygen atoms in total. The summed E-state index contributed by atoms with van der Waals surface area (Å²) < 4.78 is 15.9. The van der Waals surface area contributed by atoms with Gasteiger partial charge in [-0.3, -0.25) is 9.59 Å². The minimum atomic E-state index is -0.887. The van der Waals surface area contributed by atoms with Crippen LogP contribution in [0.5, 0.6) is 17.2 Å². The highest BCUT2D eigenvalue weighted by Crippen LogP contribution is 2.35. The zero-order valence-corrected chi connectivity index (χ0v) is 12.7. The molecule has 24 heavy (non-hydrogen) atoms. The van der Waals surface area contributed by atoms with Gasteiger partial charge in [0.1, 0.15) is 18.5 Å². The maximum absolute atomic E-state index is 11.8. The van der Waals surface area contributed by atoms with E-state index < -0.39 is 12.0 Å². The van der Waals surface area contributed by atoms with Crippen LogP contribution in [0, 0.1) is 0 Å². The number of fused-ring (bicyclic) bond motifs is 1. The zero-order chi connectivity index (χ0) is 16.9. The lowest BCUT2D eigenvalue weighted by atomic mass is 10.2. The van der Waals surface area contributed by atoms with Gasteiger partial charge in [0.2, 0.25) is 12.4 Å². The van der Waals surface area contributed by atoms with E-state index in [1.165, 1.54) is 18.3 Å². The fourth-order valence-corrected chi connectivity index (χ4v) is 2.08. The average molecular weight is 332 g/mol. The summed E-state index contributed by atoms with van der Waals surface area (Å²) in [5.74, 6) is 1.38. The summed E-state index contributed by atoms with van der Waals surface area (Å²) in [5, 5.41) is 12.5. The van der Waals surface area contributed by atoms with Gasteiger partial charge in [-0.1, -0.05) is 0 Å². The second kappa shape index (κ2) is 7.05. The topological polar surface area (TPSA) is 110 Å². The van der Waals surface area contributed by atoms with Crippen LogP contribution in [0.15, 0.2) is 41.3 Å². The number of carbonyl (C=O) groups is 1. The van der Waals surface area contributed by atoms with Gasteiger partial charge in [0.15, 0.2) is 11.5 Å². The molecule has 0 saturated heterocycles. The Kier molecular flexibility index (Phi) is 4.66. The molecule has 1 amide bonds. The smallest absolute Gasteiger partial charge is 0.252 e. The van der Waals surface area contributed by atoms with Crippen molar-refractivity contribution in [3.05, 3.63) is 52.4 Å². The SMILES string of the molecule is O=C(NC[C@@H](O)COc1ccc2c(c1)OCO2)c1ccc(=O)[nH]c1. The molecule has 1 aliphatic heterocycles. The van der Waals surface area contributed by atoms with Crippen LogP contribution in [0.2, 0.25) is 0 Å². The van der Waals surface area contributed by atoms with Gasteiger partial charge in [0, 0.05) is 24.9 Å². The number of carbonyl (C=O) groups excluding carboxylic acids is 1. The molecule has 2 aromatic rings. The van der Waals surface area contributed by atoms with E-state index in [4.69, 9.17) is 14.2 Å². The van der Waals surface area contributed by atoms with Crippen LogP contribution in [0.1, 0.15) is 10.4 Å². The third-order valence-electron chi connectivity index (χ3n) is 3.33. The molecule has 1 aliphatic rings. The fourth-order valence-electron chi connectivity index (χ4n) is 2.08. The molecule has 0 unspecified atom stereocenters. The number of aromatic nitrogens is 1. The van der Waals surface area contributed by atoms with Crippen molar-refractivity contribution in [1.29, 1.82) is 0 Å². The number of ether oxygens (including phenoxy) is 3. The molecule has 0 radical (unpaired) electrons. The van der Waals surface area contributed by atoms with Crippen molar-refractivity contribution in [3.63, 3.8) is 0 Å². The Morgan fingerprint density at radius 3 is 2.92 bits per heavy atom. The lowest BCUT2D eigenvalue weighted by Crippen LogP contribution is -2.35. The predicted molar refractivity (Wildman–Crippen MR) is 83.5 cm³/mol. The highest BCUT2D eigenvalue weighted by atomic mass is 16.7. The van der Waals surface area contributed by atoms with E-state index in [0.29, 0.717) is 22.8 Å². The Bertz CT molecular complexity index is 768. The molecule has 3 N–H and O–H groups in total. The molecule has 0 fully saturated rings. The molecule has 1 atom stereocenters. The quantitative estimate of drug-likeness (QED) is 0.701. The standard InChI is InChI=1S/C16H16N2O6/c19-11(7-18-16(21)10-1-4-15(20)17-6-10)8-22-12-2-3-13-14(5-12)24-9-23-13/h1-6,11,19H,7-9H2,(H,17,20)(H,18,21)/t11-/m1/s1. The maximum atomic E-state index is 11.8. The Hall–Kier alpha value is -3.00. The van der Waals surface area contributed by atoms with E-state index in [-0.39, 0.29) is 25.5 Å². The van der Waals surface area contributed by atoms with Gasteiger partial charge < -0.3 is 29.6 Å². The average Bonchev–Trinajstić information content (AvgIpc) is 3.06. The molecule has 0 spiro atoms. The van der Waals surface area contributed by atoms with Gasteiger partial charge in [-0.15, -0.1) is 0 Å². The highest BCUT2D eigenvalue weighted by molar-refractivity contribution is 5.93. The number of pyridine rings is 1. The van der Waals surface area contributed by atoms with Gasteiger partial charge in [-0.2, -0.15) is 0 Å². The predicted octanol–water partition coefficient (Wildman–Crippen LogP) is 0.273. The number of hydrogen-bond acceptors (Lipinski definition) is 6. The second-order valence-corrected chi connectivity index (χ2v) is 5.13. The van der Waals surface area contributed by atoms with Gasteiger partial charge in [-0.25, -0.2) is 0 Å². The van der Waals surface area contributed by atoms with Crippen LogP contribution in [0.3, 0.4) is 0 Å². The Morgan fingerprint density at radius 1 is 1.29 bits per heavy atom. The highest BCUT2D eigenvalue weighted by Gasteiger charge is 2.15. The van der Waals surface area contributed by atoms with Crippen LogP contribution in [0.25, 0.3) is 0 Å². The van der Waals surface area contributed by atoms with Crippen LogP contribution in [0.4, 0.5) is 0 Å². The minimum absolute atomic E-state index is 0.00550. The molecule has 8 heteroatoms. The van der Waals surface area contributed by atoms with Gasteiger partial charge in [0.05, 0.1) is 5.56 Å². The van der Waals surface area contributed by atoms with Crippen molar-refractivity contribution < 1.29 is 24.1 Å². The van der Waals surface area contributed by atoms with Crippen molar-refractivity contribution in [3.8, 4) is 17.2 Å².